The van der Waals surface area contributed by atoms with Gasteiger partial charge >= 0.3 is 0 Å². The van der Waals surface area contributed by atoms with Gasteiger partial charge in [-0.15, -0.1) is 11.3 Å². The van der Waals surface area contributed by atoms with Crippen molar-refractivity contribution in [3.05, 3.63) is 57.8 Å². The van der Waals surface area contributed by atoms with Gasteiger partial charge in [0.15, 0.2) is 0 Å². The van der Waals surface area contributed by atoms with Crippen molar-refractivity contribution in [3.8, 4) is 0 Å². The predicted molar refractivity (Wildman–Crippen MR) is 89.3 cm³/mol. The summed E-state index contributed by atoms with van der Waals surface area (Å²) in [4.78, 5) is 3.82. The Kier molecular flexibility index (Phi) is 4.66. The summed E-state index contributed by atoms with van der Waals surface area (Å²) in [5.74, 6) is 0. The van der Waals surface area contributed by atoms with Crippen molar-refractivity contribution in [3.63, 3.8) is 0 Å². The van der Waals surface area contributed by atoms with Crippen molar-refractivity contribution >= 4 is 11.3 Å². The number of benzene rings is 1. The van der Waals surface area contributed by atoms with Crippen LogP contribution in [0.4, 0.5) is 0 Å². The van der Waals surface area contributed by atoms with Crippen LogP contribution in [0.2, 0.25) is 0 Å². The van der Waals surface area contributed by atoms with E-state index < -0.39 is 0 Å². The molecule has 1 aromatic carbocycles. The summed E-state index contributed by atoms with van der Waals surface area (Å²) in [6, 6.07) is 13.8. The summed E-state index contributed by atoms with van der Waals surface area (Å²) < 4.78 is 0. The van der Waals surface area contributed by atoms with Gasteiger partial charge in [0.1, 0.15) is 0 Å². The van der Waals surface area contributed by atoms with E-state index in [1.165, 1.54) is 16.0 Å². The van der Waals surface area contributed by atoms with Gasteiger partial charge < -0.3 is 0 Å². The SMILES string of the molecule is C[C@H](c1ccc(C(C)(C)C)cc1)N(C)Cc1cccs1. The second kappa shape index (κ2) is 6.11. The lowest BCUT2D eigenvalue weighted by Crippen LogP contribution is -2.21. The molecule has 2 rings (SSSR count). The summed E-state index contributed by atoms with van der Waals surface area (Å²) in [5, 5.41) is 2.14. The second-order valence-corrected chi connectivity index (χ2v) is 7.57. The van der Waals surface area contributed by atoms with Crippen molar-refractivity contribution in [2.24, 2.45) is 0 Å². The lowest BCUT2D eigenvalue weighted by molar-refractivity contribution is 0.255. The number of nitrogens with zero attached hydrogens (tertiary/aromatic N) is 1. The standard InChI is InChI=1S/C18H25NS/c1-14(19(5)13-17-7-6-12-20-17)15-8-10-16(11-9-15)18(2,3)4/h6-12,14H,13H2,1-5H3/t14-/m1/s1. The Labute approximate surface area is 127 Å². The Balaban J connectivity index is 2.07. The average molecular weight is 287 g/mol. The van der Waals surface area contributed by atoms with E-state index in [1.807, 2.05) is 11.3 Å². The van der Waals surface area contributed by atoms with Crippen LogP contribution in [0.15, 0.2) is 41.8 Å². The molecule has 20 heavy (non-hydrogen) atoms. The molecule has 0 fully saturated rings. The van der Waals surface area contributed by atoms with Gasteiger partial charge in [-0.3, -0.25) is 4.90 Å². The first-order valence-electron chi connectivity index (χ1n) is 7.21. The Morgan fingerprint density at radius 1 is 1.10 bits per heavy atom. The molecule has 1 heterocycles. The maximum Gasteiger partial charge on any atom is 0.0330 e. The van der Waals surface area contributed by atoms with Gasteiger partial charge in [-0.05, 0) is 42.0 Å². The molecule has 2 heteroatoms. The third kappa shape index (κ3) is 3.71. The van der Waals surface area contributed by atoms with E-state index in [0.717, 1.165) is 6.54 Å². The van der Waals surface area contributed by atoms with Gasteiger partial charge in [0.25, 0.3) is 0 Å². The van der Waals surface area contributed by atoms with E-state index in [-0.39, 0.29) is 5.41 Å². The highest BCUT2D eigenvalue weighted by molar-refractivity contribution is 7.09. The molecule has 1 aromatic heterocycles. The normalized spacial score (nSPS) is 13.7. The number of rotatable bonds is 4. The van der Waals surface area contributed by atoms with Crippen LogP contribution in [-0.2, 0) is 12.0 Å². The summed E-state index contributed by atoms with van der Waals surface area (Å²) in [5.41, 5.74) is 3.01. The van der Waals surface area contributed by atoms with E-state index in [1.54, 1.807) is 0 Å². The van der Waals surface area contributed by atoms with E-state index >= 15 is 0 Å². The first-order chi connectivity index (χ1) is 9.38. The highest BCUT2D eigenvalue weighted by atomic mass is 32.1. The summed E-state index contributed by atoms with van der Waals surface area (Å²) in [6.07, 6.45) is 0. The molecule has 0 saturated heterocycles. The lowest BCUT2D eigenvalue weighted by atomic mass is 9.86. The minimum atomic E-state index is 0.227. The van der Waals surface area contributed by atoms with Gasteiger partial charge in [0.05, 0.1) is 0 Å². The number of thiophene rings is 1. The number of hydrogen-bond acceptors (Lipinski definition) is 2. The van der Waals surface area contributed by atoms with E-state index in [2.05, 4.69) is 81.4 Å². The molecule has 0 aliphatic heterocycles. The first-order valence-corrected chi connectivity index (χ1v) is 8.09. The van der Waals surface area contributed by atoms with Crippen LogP contribution in [0.25, 0.3) is 0 Å². The van der Waals surface area contributed by atoms with Gasteiger partial charge in [-0.2, -0.15) is 0 Å². The molecule has 1 atom stereocenters. The zero-order valence-electron chi connectivity index (χ0n) is 13.2. The monoisotopic (exact) mass is 287 g/mol. The van der Waals surface area contributed by atoms with E-state index in [4.69, 9.17) is 0 Å². The van der Waals surface area contributed by atoms with Crippen LogP contribution >= 0.6 is 11.3 Å². The maximum atomic E-state index is 2.40. The van der Waals surface area contributed by atoms with Crippen LogP contribution in [0, 0.1) is 0 Å². The largest absolute Gasteiger partial charge is 0.295 e. The Morgan fingerprint density at radius 3 is 2.25 bits per heavy atom. The van der Waals surface area contributed by atoms with Crippen molar-refractivity contribution < 1.29 is 0 Å². The van der Waals surface area contributed by atoms with Crippen LogP contribution in [0.1, 0.15) is 49.7 Å². The molecule has 0 unspecified atom stereocenters. The molecule has 0 aliphatic rings. The highest BCUT2D eigenvalue weighted by Crippen LogP contribution is 2.26. The fourth-order valence-corrected chi connectivity index (χ4v) is 3.07. The summed E-state index contributed by atoms with van der Waals surface area (Å²) >= 11 is 1.83. The fourth-order valence-electron chi connectivity index (χ4n) is 2.30. The van der Waals surface area contributed by atoms with E-state index in [9.17, 15) is 0 Å². The molecular formula is C18H25NS. The fraction of sp³-hybridized carbons (Fsp3) is 0.444. The van der Waals surface area contributed by atoms with Crippen LogP contribution < -0.4 is 0 Å². The molecule has 0 saturated carbocycles. The Bertz CT molecular complexity index is 520. The molecule has 0 bridgehead atoms. The molecule has 1 nitrogen and oxygen atoms in total. The molecule has 0 N–H and O–H groups in total. The van der Waals surface area contributed by atoms with Crippen LogP contribution in [0.5, 0.6) is 0 Å². The maximum absolute atomic E-state index is 2.40. The second-order valence-electron chi connectivity index (χ2n) is 6.54. The van der Waals surface area contributed by atoms with Crippen LogP contribution in [-0.4, -0.2) is 11.9 Å². The summed E-state index contributed by atoms with van der Waals surface area (Å²) in [6.45, 7) is 10.1. The molecule has 0 spiro atoms. The smallest absolute Gasteiger partial charge is 0.0330 e. The van der Waals surface area contributed by atoms with Crippen molar-refractivity contribution in [1.82, 2.24) is 4.90 Å². The van der Waals surface area contributed by atoms with Gasteiger partial charge in [0, 0.05) is 17.5 Å². The molecule has 0 aliphatic carbocycles. The minimum absolute atomic E-state index is 0.227. The van der Waals surface area contributed by atoms with Crippen molar-refractivity contribution in [2.45, 2.75) is 45.7 Å². The molecular weight excluding hydrogens is 262 g/mol. The minimum Gasteiger partial charge on any atom is -0.295 e. The van der Waals surface area contributed by atoms with Crippen molar-refractivity contribution in [2.75, 3.05) is 7.05 Å². The molecule has 2 aromatic rings. The highest BCUT2D eigenvalue weighted by Gasteiger charge is 2.16. The molecule has 0 radical (unpaired) electrons. The van der Waals surface area contributed by atoms with Gasteiger partial charge in [-0.1, -0.05) is 51.1 Å². The van der Waals surface area contributed by atoms with Crippen LogP contribution in [0.3, 0.4) is 0 Å². The zero-order chi connectivity index (χ0) is 14.8. The van der Waals surface area contributed by atoms with Gasteiger partial charge in [-0.25, -0.2) is 0 Å². The summed E-state index contributed by atoms with van der Waals surface area (Å²) in [7, 11) is 2.20. The van der Waals surface area contributed by atoms with Gasteiger partial charge in [0.2, 0.25) is 0 Å². The average Bonchev–Trinajstić information content (AvgIpc) is 2.90. The quantitative estimate of drug-likeness (QED) is 0.743. The zero-order valence-corrected chi connectivity index (χ0v) is 14.0. The Hall–Kier alpha value is -1.12. The lowest BCUT2D eigenvalue weighted by Gasteiger charge is -2.26. The van der Waals surface area contributed by atoms with E-state index in [0.29, 0.717) is 6.04 Å². The molecule has 108 valence electrons. The predicted octanol–water partition coefficient (Wildman–Crippen LogP) is 5.24. The van der Waals surface area contributed by atoms with Crippen molar-refractivity contribution in [1.29, 1.82) is 0 Å². The Morgan fingerprint density at radius 2 is 1.75 bits per heavy atom. The molecule has 0 amide bonds. The third-order valence-corrected chi connectivity index (χ3v) is 4.77. The first kappa shape index (κ1) is 15.3. The third-order valence-electron chi connectivity index (χ3n) is 3.91. The topological polar surface area (TPSA) is 3.24 Å². The number of hydrogen-bond donors (Lipinski definition) is 0.